The van der Waals surface area contributed by atoms with Crippen molar-refractivity contribution in [3.05, 3.63) is 22.2 Å². The Morgan fingerprint density at radius 1 is 1.60 bits per heavy atom. The standard InChI is InChI=1S/C11H18N6O3/c1-7(11(18)13-2)6-16(3)10-8(17(19)20)4-5-9(14-10)15-12/h4-5,7H,6,12H2,1-3H3,(H,13,18)(H,14,15). The van der Waals surface area contributed by atoms with Gasteiger partial charge in [0.2, 0.25) is 11.7 Å². The largest absolute Gasteiger partial charge is 0.359 e. The molecule has 1 unspecified atom stereocenters. The van der Waals surface area contributed by atoms with Crippen molar-refractivity contribution in [3.8, 4) is 0 Å². The number of hydrogen-bond donors (Lipinski definition) is 3. The van der Waals surface area contributed by atoms with Gasteiger partial charge in [-0.15, -0.1) is 0 Å². The van der Waals surface area contributed by atoms with Crippen molar-refractivity contribution in [3.63, 3.8) is 0 Å². The first-order chi connectivity index (χ1) is 9.40. The lowest BCUT2D eigenvalue weighted by atomic mass is 10.1. The van der Waals surface area contributed by atoms with Gasteiger partial charge in [-0.2, -0.15) is 0 Å². The summed E-state index contributed by atoms with van der Waals surface area (Å²) in [5.41, 5.74) is 2.19. The predicted molar refractivity (Wildman–Crippen MR) is 75.2 cm³/mol. The molecule has 110 valence electrons. The zero-order chi connectivity index (χ0) is 15.3. The van der Waals surface area contributed by atoms with Crippen LogP contribution in [0.3, 0.4) is 0 Å². The quantitative estimate of drug-likeness (QED) is 0.383. The molecule has 1 aromatic heterocycles. The number of nitro groups is 1. The lowest BCUT2D eigenvalue weighted by molar-refractivity contribution is -0.384. The first kappa shape index (κ1) is 15.6. The van der Waals surface area contributed by atoms with Crippen LogP contribution in [-0.4, -0.2) is 36.5 Å². The minimum absolute atomic E-state index is 0.143. The molecule has 0 saturated heterocycles. The van der Waals surface area contributed by atoms with Crippen molar-refractivity contribution >= 4 is 23.2 Å². The van der Waals surface area contributed by atoms with E-state index < -0.39 is 4.92 Å². The fraction of sp³-hybridized carbons (Fsp3) is 0.455. The second-order valence-corrected chi connectivity index (χ2v) is 4.34. The van der Waals surface area contributed by atoms with E-state index in [1.807, 2.05) is 0 Å². The number of anilines is 2. The maximum absolute atomic E-state index is 11.5. The first-order valence-corrected chi connectivity index (χ1v) is 5.95. The van der Waals surface area contributed by atoms with Crippen molar-refractivity contribution in [1.82, 2.24) is 10.3 Å². The molecule has 0 saturated carbocycles. The Morgan fingerprint density at radius 2 is 2.25 bits per heavy atom. The molecule has 1 atom stereocenters. The minimum Gasteiger partial charge on any atom is -0.359 e. The zero-order valence-electron chi connectivity index (χ0n) is 11.6. The van der Waals surface area contributed by atoms with Crippen LogP contribution in [-0.2, 0) is 4.79 Å². The number of carbonyl (C=O) groups is 1. The van der Waals surface area contributed by atoms with E-state index in [1.165, 1.54) is 12.1 Å². The van der Waals surface area contributed by atoms with Crippen LogP contribution < -0.4 is 21.5 Å². The van der Waals surface area contributed by atoms with E-state index in [1.54, 1.807) is 25.9 Å². The molecule has 9 heteroatoms. The Bertz CT molecular complexity index is 507. The molecule has 0 spiro atoms. The number of nitrogens with one attached hydrogen (secondary N) is 2. The molecule has 20 heavy (non-hydrogen) atoms. The highest BCUT2D eigenvalue weighted by atomic mass is 16.6. The number of aromatic nitrogens is 1. The average molecular weight is 282 g/mol. The number of pyridine rings is 1. The number of carbonyl (C=O) groups excluding carboxylic acids is 1. The Labute approximate surface area is 116 Å². The number of nitrogen functional groups attached to an aromatic ring is 1. The molecular formula is C11H18N6O3. The molecule has 0 radical (unpaired) electrons. The maximum atomic E-state index is 11.5. The molecule has 4 N–H and O–H groups in total. The van der Waals surface area contributed by atoms with Crippen molar-refractivity contribution < 1.29 is 9.72 Å². The van der Waals surface area contributed by atoms with Gasteiger partial charge >= 0.3 is 5.69 Å². The van der Waals surface area contributed by atoms with Gasteiger partial charge in [0.25, 0.3) is 0 Å². The summed E-state index contributed by atoms with van der Waals surface area (Å²) in [7, 11) is 3.17. The van der Waals surface area contributed by atoms with Crippen molar-refractivity contribution in [2.24, 2.45) is 11.8 Å². The van der Waals surface area contributed by atoms with Crippen LogP contribution in [0.4, 0.5) is 17.3 Å². The van der Waals surface area contributed by atoms with Crippen LogP contribution in [0.15, 0.2) is 12.1 Å². The fourth-order valence-corrected chi connectivity index (χ4v) is 1.77. The van der Waals surface area contributed by atoms with Gasteiger partial charge in [0, 0.05) is 26.7 Å². The molecule has 1 amide bonds. The molecule has 1 rings (SSSR count). The summed E-state index contributed by atoms with van der Waals surface area (Å²) >= 11 is 0. The summed E-state index contributed by atoms with van der Waals surface area (Å²) in [6.45, 7) is 2.02. The van der Waals surface area contributed by atoms with E-state index in [9.17, 15) is 14.9 Å². The average Bonchev–Trinajstić information content (AvgIpc) is 2.45. The van der Waals surface area contributed by atoms with Gasteiger partial charge < -0.3 is 15.6 Å². The minimum atomic E-state index is -0.524. The number of amides is 1. The number of nitrogens with zero attached hydrogens (tertiary/aromatic N) is 3. The second kappa shape index (κ2) is 6.66. The molecular weight excluding hydrogens is 264 g/mol. The zero-order valence-corrected chi connectivity index (χ0v) is 11.6. The van der Waals surface area contributed by atoms with E-state index in [0.29, 0.717) is 12.4 Å². The van der Waals surface area contributed by atoms with E-state index in [0.717, 1.165) is 0 Å². The molecule has 0 aromatic carbocycles. The number of hydrazine groups is 1. The molecule has 9 nitrogen and oxygen atoms in total. The highest BCUT2D eigenvalue weighted by molar-refractivity contribution is 5.78. The topological polar surface area (TPSA) is 126 Å². The summed E-state index contributed by atoms with van der Waals surface area (Å²) in [4.78, 5) is 27.6. The van der Waals surface area contributed by atoms with Gasteiger partial charge in [-0.1, -0.05) is 6.92 Å². The fourth-order valence-electron chi connectivity index (χ4n) is 1.77. The highest BCUT2D eigenvalue weighted by Crippen LogP contribution is 2.27. The third kappa shape index (κ3) is 3.54. The van der Waals surface area contributed by atoms with E-state index in [4.69, 9.17) is 5.84 Å². The van der Waals surface area contributed by atoms with Crippen molar-refractivity contribution in [1.29, 1.82) is 0 Å². The molecule has 1 heterocycles. The van der Waals surface area contributed by atoms with Crippen LogP contribution in [0, 0.1) is 16.0 Å². The Balaban J connectivity index is 3.03. The van der Waals surface area contributed by atoms with Gasteiger partial charge in [-0.3, -0.25) is 14.9 Å². The summed E-state index contributed by atoms with van der Waals surface area (Å²) in [5, 5.41) is 13.5. The SMILES string of the molecule is CNC(=O)C(C)CN(C)c1nc(NN)ccc1[N+](=O)[O-]. The normalized spacial score (nSPS) is 11.6. The highest BCUT2D eigenvalue weighted by Gasteiger charge is 2.22. The number of rotatable bonds is 6. The van der Waals surface area contributed by atoms with Crippen LogP contribution in [0.25, 0.3) is 0 Å². The predicted octanol–water partition coefficient (Wildman–Crippen LogP) is 0.0937. The lowest BCUT2D eigenvalue weighted by Crippen LogP contribution is -2.35. The molecule has 0 fully saturated rings. The summed E-state index contributed by atoms with van der Waals surface area (Å²) in [6, 6.07) is 2.73. The van der Waals surface area contributed by atoms with Crippen LogP contribution in [0.2, 0.25) is 0 Å². The molecule has 1 aromatic rings. The smallest absolute Gasteiger partial charge is 0.311 e. The van der Waals surface area contributed by atoms with Gasteiger partial charge in [-0.05, 0) is 6.07 Å². The maximum Gasteiger partial charge on any atom is 0.311 e. The lowest BCUT2D eigenvalue weighted by Gasteiger charge is -2.21. The number of nitrogens with two attached hydrogens (primary N) is 1. The summed E-state index contributed by atoms with van der Waals surface area (Å²) < 4.78 is 0. The Hall–Kier alpha value is -2.42. The van der Waals surface area contributed by atoms with Gasteiger partial charge in [0.1, 0.15) is 5.82 Å². The Morgan fingerprint density at radius 3 is 2.75 bits per heavy atom. The summed E-state index contributed by atoms with van der Waals surface area (Å²) in [6.07, 6.45) is 0. The number of hydrogen-bond acceptors (Lipinski definition) is 7. The van der Waals surface area contributed by atoms with Crippen LogP contribution in [0.5, 0.6) is 0 Å². The van der Waals surface area contributed by atoms with Crippen LogP contribution in [0.1, 0.15) is 6.92 Å². The summed E-state index contributed by atoms with van der Waals surface area (Å²) in [5.74, 6) is 5.24. The third-order valence-electron chi connectivity index (χ3n) is 2.80. The monoisotopic (exact) mass is 282 g/mol. The van der Waals surface area contributed by atoms with Gasteiger partial charge in [0.05, 0.1) is 10.8 Å². The molecule has 0 bridgehead atoms. The molecule has 0 aliphatic rings. The first-order valence-electron chi connectivity index (χ1n) is 5.95. The van der Waals surface area contributed by atoms with E-state index in [-0.39, 0.29) is 23.3 Å². The van der Waals surface area contributed by atoms with Crippen LogP contribution >= 0.6 is 0 Å². The van der Waals surface area contributed by atoms with Gasteiger partial charge in [0.15, 0.2) is 0 Å². The van der Waals surface area contributed by atoms with Gasteiger partial charge in [-0.25, -0.2) is 10.8 Å². The van der Waals surface area contributed by atoms with E-state index in [2.05, 4.69) is 15.7 Å². The molecule has 0 aliphatic heterocycles. The third-order valence-corrected chi connectivity index (χ3v) is 2.80. The van der Waals surface area contributed by atoms with Crippen molar-refractivity contribution in [2.45, 2.75) is 6.92 Å². The Kier molecular flexibility index (Phi) is 5.21. The van der Waals surface area contributed by atoms with Crippen molar-refractivity contribution in [2.75, 3.05) is 31.0 Å². The van der Waals surface area contributed by atoms with E-state index >= 15 is 0 Å². The second-order valence-electron chi connectivity index (χ2n) is 4.34. The molecule has 0 aliphatic carbocycles.